The Morgan fingerprint density at radius 1 is 1.15 bits per heavy atom. The third-order valence-corrected chi connectivity index (χ3v) is 2.53. The van der Waals surface area contributed by atoms with Crippen molar-refractivity contribution in [2.45, 2.75) is 19.8 Å². The zero-order valence-electron chi connectivity index (χ0n) is 11.3. The lowest BCUT2D eigenvalue weighted by atomic mass is 10.0. The average molecular weight is 275 g/mol. The van der Waals surface area contributed by atoms with Crippen molar-refractivity contribution < 1.29 is 19.1 Å². The van der Waals surface area contributed by atoms with Gasteiger partial charge in [-0.3, -0.25) is 14.4 Å². The molecule has 2 N–H and O–H groups in total. The number of ether oxygens (including phenoxy) is 1. The maximum Gasteiger partial charge on any atom is 0.306 e. The fourth-order valence-electron chi connectivity index (χ4n) is 1.55. The Hall–Kier alpha value is -2.43. The van der Waals surface area contributed by atoms with Gasteiger partial charge in [0.05, 0.1) is 13.0 Å². The Kier molecular flexibility index (Phi) is 6.16. The van der Waals surface area contributed by atoms with Crippen molar-refractivity contribution in [2.75, 3.05) is 6.61 Å². The fourth-order valence-corrected chi connectivity index (χ4v) is 1.55. The molecule has 0 aliphatic carbocycles. The molecular weight excluding hydrogens is 258 g/mol. The van der Waals surface area contributed by atoms with Gasteiger partial charge in [-0.25, -0.2) is 0 Å². The minimum Gasteiger partial charge on any atom is -0.466 e. The molecule has 0 aliphatic heterocycles. The third-order valence-electron chi connectivity index (χ3n) is 2.53. The van der Waals surface area contributed by atoms with Gasteiger partial charge < -0.3 is 10.5 Å². The molecule has 0 saturated carbocycles. The molecule has 1 aromatic carbocycles. The van der Waals surface area contributed by atoms with Crippen molar-refractivity contribution in [3.63, 3.8) is 0 Å². The summed E-state index contributed by atoms with van der Waals surface area (Å²) in [6, 6.07) is 6.70. The van der Waals surface area contributed by atoms with Crippen molar-refractivity contribution in [2.24, 2.45) is 5.73 Å². The standard InChI is InChI=1S/C15H17NO4/c1-2-20-15(19)10-8-13(17)12-6-3-11(4-7-12)5-9-14(16)18/h3-7,9H,2,8,10H2,1H3,(H2,16,18). The molecule has 20 heavy (non-hydrogen) atoms. The molecule has 106 valence electrons. The van der Waals surface area contributed by atoms with Crippen LogP contribution >= 0.6 is 0 Å². The first kappa shape index (κ1) is 15.6. The zero-order chi connectivity index (χ0) is 15.0. The molecule has 1 aromatic rings. The number of benzene rings is 1. The topological polar surface area (TPSA) is 86.5 Å². The molecule has 0 spiro atoms. The first-order valence-electron chi connectivity index (χ1n) is 6.29. The monoisotopic (exact) mass is 275 g/mol. The van der Waals surface area contributed by atoms with E-state index in [0.717, 1.165) is 5.56 Å². The highest BCUT2D eigenvalue weighted by Crippen LogP contribution is 2.10. The zero-order valence-corrected chi connectivity index (χ0v) is 11.3. The first-order valence-corrected chi connectivity index (χ1v) is 6.29. The smallest absolute Gasteiger partial charge is 0.306 e. The van der Waals surface area contributed by atoms with Crippen molar-refractivity contribution in [3.05, 3.63) is 41.5 Å². The van der Waals surface area contributed by atoms with Crippen LogP contribution in [0.3, 0.4) is 0 Å². The number of hydrogen-bond donors (Lipinski definition) is 1. The molecule has 1 rings (SSSR count). The number of amides is 1. The van der Waals surface area contributed by atoms with E-state index in [1.807, 2.05) is 0 Å². The Morgan fingerprint density at radius 2 is 1.80 bits per heavy atom. The molecule has 0 bridgehead atoms. The van der Waals surface area contributed by atoms with Gasteiger partial charge in [0, 0.05) is 18.1 Å². The summed E-state index contributed by atoms with van der Waals surface area (Å²) in [5.41, 5.74) is 6.28. The normalized spacial score (nSPS) is 10.4. The van der Waals surface area contributed by atoms with Crippen molar-refractivity contribution in [3.8, 4) is 0 Å². The van der Waals surface area contributed by atoms with Crippen LogP contribution in [0, 0.1) is 0 Å². The van der Waals surface area contributed by atoms with E-state index in [9.17, 15) is 14.4 Å². The Morgan fingerprint density at radius 3 is 2.35 bits per heavy atom. The largest absolute Gasteiger partial charge is 0.466 e. The van der Waals surface area contributed by atoms with Crippen LogP contribution in [-0.4, -0.2) is 24.3 Å². The summed E-state index contributed by atoms with van der Waals surface area (Å²) in [6.07, 6.45) is 3.01. The number of esters is 1. The second-order valence-corrected chi connectivity index (χ2v) is 4.09. The molecule has 0 saturated heterocycles. The van der Waals surface area contributed by atoms with Gasteiger partial charge in [-0.15, -0.1) is 0 Å². The molecule has 5 heteroatoms. The molecule has 0 heterocycles. The van der Waals surface area contributed by atoms with Gasteiger partial charge in [-0.1, -0.05) is 24.3 Å². The lowest BCUT2D eigenvalue weighted by Gasteiger charge is -2.02. The van der Waals surface area contributed by atoms with E-state index in [1.54, 1.807) is 37.3 Å². The Labute approximate surface area is 117 Å². The lowest BCUT2D eigenvalue weighted by Crippen LogP contribution is -2.08. The van der Waals surface area contributed by atoms with Crippen LogP contribution in [0.4, 0.5) is 0 Å². The predicted octanol–water partition coefficient (Wildman–Crippen LogP) is 1.71. The van der Waals surface area contributed by atoms with Crippen LogP contribution in [0.5, 0.6) is 0 Å². The molecule has 0 unspecified atom stereocenters. The molecule has 0 radical (unpaired) electrons. The van der Waals surface area contributed by atoms with E-state index in [4.69, 9.17) is 10.5 Å². The van der Waals surface area contributed by atoms with Crippen LogP contribution in [0.15, 0.2) is 30.3 Å². The first-order chi connectivity index (χ1) is 9.52. The van der Waals surface area contributed by atoms with E-state index < -0.39 is 5.91 Å². The highest BCUT2D eigenvalue weighted by molar-refractivity contribution is 5.97. The maximum atomic E-state index is 11.8. The van der Waals surface area contributed by atoms with Gasteiger partial charge in [0.15, 0.2) is 5.78 Å². The minimum atomic E-state index is -0.528. The number of Topliss-reactive ketones (excluding diaryl/α,β-unsaturated/α-hetero) is 1. The van der Waals surface area contributed by atoms with Gasteiger partial charge >= 0.3 is 5.97 Å². The maximum absolute atomic E-state index is 11.8. The Bertz CT molecular complexity index is 517. The van der Waals surface area contributed by atoms with Crippen molar-refractivity contribution in [1.82, 2.24) is 0 Å². The summed E-state index contributed by atoms with van der Waals surface area (Å²) in [4.78, 5) is 33.6. The van der Waals surface area contributed by atoms with E-state index in [-0.39, 0.29) is 24.6 Å². The highest BCUT2D eigenvalue weighted by atomic mass is 16.5. The fraction of sp³-hybridized carbons (Fsp3) is 0.267. The molecule has 0 aliphatic rings. The SMILES string of the molecule is CCOC(=O)CCC(=O)c1ccc(C=CC(N)=O)cc1. The molecule has 0 fully saturated rings. The second-order valence-electron chi connectivity index (χ2n) is 4.09. The van der Waals surface area contributed by atoms with E-state index in [2.05, 4.69) is 0 Å². The average Bonchev–Trinajstić information content (AvgIpc) is 2.43. The molecule has 5 nitrogen and oxygen atoms in total. The summed E-state index contributed by atoms with van der Waals surface area (Å²) in [5.74, 6) is -1.02. The minimum absolute atomic E-state index is 0.0794. The summed E-state index contributed by atoms with van der Waals surface area (Å²) in [5, 5.41) is 0. The number of nitrogens with two attached hydrogens (primary N) is 1. The van der Waals surface area contributed by atoms with Gasteiger partial charge in [-0.05, 0) is 18.6 Å². The number of hydrogen-bond acceptors (Lipinski definition) is 4. The van der Waals surface area contributed by atoms with Gasteiger partial charge in [0.25, 0.3) is 0 Å². The second kappa shape index (κ2) is 7.89. The number of carbonyl (C=O) groups is 3. The summed E-state index contributed by atoms with van der Waals surface area (Å²) >= 11 is 0. The molecular formula is C15H17NO4. The van der Waals surface area contributed by atoms with Crippen molar-refractivity contribution >= 4 is 23.7 Å². The van der Waals surface area contributed by atoms with E-state index >= 15 is 0 Å². The summed E-state index contributed by atoms with van der Waals surface area (Å²) in [6.45, 7) is 2.03. The number of primary amides is 1. The predicted molar refractivity (Wildman–Crippen MR) is 74.9 cm³/mol. The molecule has 0 atom stereocenters. The molecule has 1 amide bonds. The van der Waals surface area contributed by atoms with Crippen LogP contribution in [0.2, 0.25) is 0 Å². The number of rotatable bonds is 7. The van der Waals surface area contributed by atoms with E-state index in [1.165, 1.54) is 6.08 Å². The summed E-state index contributed by atoms with van der Waals surface area (Å²) < 4.78 is 4.76. The summed E-state index contributed by atoms with van der Waals surface area (Å²) in [7, 11) is 0. The third kappa shape index (κ3) is 5.48. The van der Waals surface area contributed by atoms with Crippen LogP contribution in [-0.2, 0) is 14.3 Å². The highest BCUT2D eigenvalue weighted by Gasteiger charge is 2.09. The van der Waals surface area contributed by atoms with Crippen molar-refractivity contribution in [1.29, 1.82) is 0 Å². The van der Waals surface area contributed by atoms with Crippen LogP contribution < -0.4 is 5.73 Å². The van der Waals surface area contributed by atoms with Gasteiger partial charge in [0.2, 0.25) is 5.91 Å². The van der Waals surface area contributed by atoms with Crippen LogP contribution in [0.1, 0.15) is 35.7 Å². The number of ketones is 1. The van der Waals surface area contributed by atoms with Crippen LogP contribution in [0.25, 0.3) is 6.08 Å². The lowest BCUT2D eigenvalue weighted by molar-refractivity contribution is -0.143. The van der Waals surface area contributed by atoms with Gasteiger partial charge in [-0.2, -0.15) is 0 Å². The number of carbonyl (C=O) groups excluding carboxylic acids is 3. The van der Waals surface area contributed by atoms with E-state index in [0.29, 0.717) is 12.2 Å². The van der Waals surface area contributed by atoms with Gasteiger partial charge in [0.1, 0.15) is 0 Å². The Balaban J connectivity index is 2.57. The quantitative estimate of drug-likeness (QED) is 0.466. The molecule has 0 aromatic heterocycles.